The van der Waals surface area contributed by atoms with E-state index in [-0.39, 0.29) is 21.7 Å². The molecule has 4 unspecified atom stereocenters. The zero-order valence-electron chi connectivity index (χ0n) is 16.8. The summed E-state index contributed by atoms with van der Waals surface area (Å²) < 4.78 is 54.9. The van der Waals surface area contributed by atoms with Gasteiger partial charge in [0.05, 0.1) is 0 Å². The molecule has 0 aromatic rings. The summed E-state index contributed by atoms with van der Waals surface area (Å²) >= 11 is 0. The summed E-state index contributed by atoms with van der Waals surface area (Å²) in [6.07, 6.45) is 2.96. The molecule has 0 heterocycles. The fourth-order valence-electron chi connectivity index (χ4n) is 0.663. The predicted molar refractivity (Wildman–Crippen MR) is 95.4 cm³/mol. The molecule has 0 radical (unpaired) electrons. The SMILES string of the molecule is CCCO[P+](=O)[O-].CCCO[P+](=O)[O-].CCCO[P+](=O)[O-].CCCO[P+](=O)[O-].[Ti+4]. The van der Waals surface area contributed by atoms with Gasteiger partial charge in [0.1, 0.15) is 26.4 Å². The molecule has 0 saturated heterocycles. The fraction of sp³-hybridized carbons (Fsp3) is 1.00. The minimum atomic E-state index is -2.61. The zero-order chi connectivity index (χ0) is 22.8. The first kappa shape index (κ1) is 40.2. The van der Waals surface area contributed by atoms with Gasteiger partial charge in [-0.1, -0.05) is 27.7 Å². The van der Waals surface area contributed by atoms with E-state index < -0.39 is 33.0 Å². The van der Waals surface area contributed by atoms with Crippen LogP contribution in [-0.2, 0) is 58.1 Å². The predicted octanol–water partition coefficient (Wildman–Crippen LogP) is 1.72. The van der Waals surface area contributed by atoms with Gasteiger partial charge in [0.15, 0.2) is 0 Å². The normalized spacial score (nSPS) is 11.0. The molecule has 0 aromatic heterocycles. The van der Waals surface area contributed by atoms with Gasteiger partial charge in [-0.05, 0) is 43.9 Å². The summed E-state index contributed by atoms with van der Waals surface area (Å²) in [5.41, 5.74) is 0. The molecule has 0 aromatic carbocycles. The van der Waals surface area contributed by atoms with Crippen LogP contribution in [0, 0.1) is 0 Å². The van der Waals surface area contributed by atoms with Crippen LogP contribution in [0.2, 0.25) is 0 Å². The molecule has 0 amide bonds. The third-order valence-electron chi connectivity index (χ3n) is 1.60. The van der Waals surface area contributed by atoms with E-state index in [1.165, 1.54) is 0 Å². The summed E-state index contributed by atoms with van der Waals surface area (Å²) in [5, 5.41) is 0. The molecule has 0 bridgehead atoms. The molecule has 0 rings (SSSR count). The first-order chi connectivity index (χ1) is 13.1. The van der Waals surface area contributed by atoms with Gasteiger partial charge in [-0.25, -0.2) is 0 Å². The molecule has 0 aliphatic carbocycles. The van der Waals surface area contributed by atoms with Crippen molar-refractivity contribution in [2.75, 3.05) is 26.4 Å². The molecule has 0 aliphatic rings. The van der Waals surface area contributed by atoms with E-state index in [1.54, 1.807) is 0 Å². The molecular formula is C12H28O12P4Ti+4. The van der Waals surface area contributed by atoms with Crippen LogP contribution >= 0.6 is 33.0 Å². The second kappa shape index (κ2) is 36.2. The Morgan fingerprint density at radius 2 is 0.621 bits per heavy atom. The Balaban J connectivity index is -0.0000000873. The maximum Gasteiger partial charge on any atom is 4.00 e. The van der Waals surface area contributed by atoms with E-state index in [2.05, 4.69) is 18.1 Å². The smallest absolute Gasteiger partial charge is 0.566 e. The quantitative estimate of drug-likeness (QED) is 0.259. The Hall–Kier alpha value is 0.794. The van der Waals surface area contributed by atoms with Gasteiger partial charge in [0.25, 0.3) is 0 Å². The minimum absolute atomic E-state index is 0. The largest absolute Gasteiger partial charge is 4.00 e. The molecule has 0 fully saturated rings. The number of rotatable bonds is 12. The first-order valence-corrected chi connectivity index (χ1v) is 12.6. The summed E-state index contributed by atoms with van der Waals surface area (Å²) in [6.45, 7) is 8.60. The van der Waals surface area contributed by atoms with E-state index in [0.29, 0.717) is 26.4 Å². The van der Waals surface area contributed by atoms with Crippen LogP contribution in [0.4, 0.5) is 0 Å². The zero-order valence-corrected chi connectivity index (χ0v) is 22.0. The van der Waals surface area contributed by atoms with Crippen molar-refractivity contribution >= 4 is 33.0 Å². The van der Waals surface area contributed by atoms with Crippen molar-refractivity contribution in [3.63, 3.8) is 0 Å². The van der Waals surface area contributed by atoms with Gasteiger partial charge < -0.3 is 19.6 Å². The van der Waals surface area contributed by atoms with Crippen LogP contribution in [0.3, 0.4) is 0 Å². The van der Waals surface area contributed by atoms with Crippen molar-refractivity contribution in [2.45, 2.75) is 53.4 Å². The average Bonchev–Trinajstić information content (AvgIpc) is 2.62. The Kier molecular flexibility index (Phi) is 50.1. The Morgan fingerprint density at radius 3 is 0.655 bits per heavy atom. The van der Waals surface area contributed by atoms with Gasteiger partial charge in [0.2, 0.25) is 0 Å². The van der Waals surface area contributed by atoms with Crippen molar-refractivity contribution in [3.05, 3.63) is 0 Å². The Bertz CT molecular complexity index is 331. The van der Waals surface area contributed by atoms with E-state index in [9.17, 15) is 37.8 Å². The van der Waals surface area contributed by atoms with Crippen molar-refractivity contribution in [1.29, 1.82) is 0 Å². The molecule has 0 spiro atoms. The second-order valence-electron chi connectivity index (χ2n) is 4.23. The standard InChI is InChI=1S/4C3H7O3P.Ti/c4*1-2-3-6-7(4)5;/h4*2-3H2,1H3;/q;;;;+4. The molecule has 168 valence electrons. The van der Waals surface area contributed by atoms with Crippen LogP contribution in [0.5, 0.6) is 0 Å². The number of hydrogen-bond donors (Lipinski definition) is 0. The first-order valence-electron chi connectivity index (χ1n) is 8.17. The molecule has 12 nitrogen and oxygen atoms in total. The average molecular weight is 536 g/mol. The van der Waals surface area contributed by atoms with E-state index in [0.717, 1.165) is 25.7 Å². The number of hydrogen-bond acceptors (Lipinski definition) is 12. The van der Waals surface area contributed by atoms with Crippen LogP contribution in [0.1, 0.15) is 53.4 Å². The third kappa shape index (κ3) is 73.3. The van der Waals surface area contributed by atoms with E-state index in [1.807, 2.05) is 27.7 Å². The van der Waals surface area contributed by atoms with Crippen molar-refractivity contribution in [1.82, 2.24) is 0 Å². The monoisotopic (exact) mass is 536 g/mol. The Labute approximate surface area is 190 Å². The fourth-order valence-corrected chi connectivity index (χ4v) is 1.99. The van der Waals surface area contributed by atoms with Gasteiger partial charge in [0, 0.05) is 0 Å². The van der Waals surface area contributed by atoms with Gasteiger partial charge in [-0.15, -0.1) is 18.1 Å². The summed E-state index contributed by atoms with van der Waals surface area (Å²) in [4.78, 5) is 38.3. The van der Waals surface area contributed by atoms with Crippen molar-refractivity contribution in [2.24, 2.45) is 0 Å². The molecule has 0 saturated carbocycles. The van der Waals surface area contributed by atoms with Gasteiger partial charge >= 0.3 is 54.7 Å². The second-order valence-corrected chi connectivity index (χ2v) is 7.05. The molecular weight excluding hydrogens is 508 g/mol. The van der Waals surface area contributed by atoms with Gasteiger partial charge in [-0.3, -0.25) is 0 Å². The van der Waals surface area contributed by atoms with Crippen molar-refractivity contribution < 1.29 is 77.6 Å². The molecule has 4 atom stereocenters. The van der Waals surface area contributed by atoms with Crippen LogP contribution in [-0.4, -0.2) is 26.4 Å². The molecule has 17 heteroatoms. The van der Waals surface area contributed by atoms with Crippen molar-refractivity contribution in [3.8, 4) is 0 Å². The summed E-state index contributed by atoms with van der Waals surface area (Å²) in [5.74, 6) is 0. The van der Waals surface area contributed by atoms with E-state index >= 15 is 0 Å². The van der Waals surface area contributed by atoms with Crippen LogP contribution in [0.25, 0.3) is 0 Å². The molecule has 0 aliphatic heterocycles. The maximum atomic E-state index is 9.57. The van der Waals surface area contributed by atoms with Crippen LogP contribution in [0.15, 0.2) is 0 Å². The molecule has 0 N–H and O–H groups in total. The summed E-state index contributed by atoms with van der Waals surface area (Å²) in [6, 6.07) is 0. The molecule has 29 heavy (non-hydrogen) atoms. The Morgan fingerprint density at radius 1 is 0.483 bits per heavy atom. The summed E-state index contributed by atoms with van der Waals surface area (Å²) in [7, 11) is -10.4. The third-order valence-corrected chi connectivity index (χ3v) is 3.18. The van der Waals surface area contributed by atoms with E-state index in [4.69, 9.17) is 0 Å². The van der Waals surface area contributed by atoms with Crippen LogP contribution < -0.4 is 19.6 Å². The minimum Gasteiger partial charge on any atom is -0.566 e. The topological polar surface area (TPSA) is 197 Å². The van der Waals surface area contributed by atoms with Gasteiger partial charge in [-0.2, -0.15) is 0 Å². The maximum absolute atomic E-state index is 9.57.